The Morgan fingerprint density at radius 2 is 1.84 bits per heavy atom. The van der Waals surface area contributed by atoms with E-state index in [1.54, 1.807) is 0 Å². The van der Waals surface area contributed by atoms with Gasteiger partial charge in [0.15, 0.2) is 0 Å². The van der Waals surface area contributed by atoms with Crippen LogP contribution in [0.5, 0.6) is 0 Å². The molecule has 0 aromatic rings. The molecule has 2 aliphatic rings. The summed E-state index contributed by atoms with van der Waals surface area (Å²) >= 11 is 0. The van der Waals surface area contributed by atoms with Crippen LogP contribution in [0.25, 0.3) is 0 Å². The molecular formula is C15H28N2O2. The maximum atomic E-state index is 12.2. The van der Waals surface area contributed by atoms with Crippen LogP contribution in [0.4, 0.5) is 0 Å². The number of aliphatic hydroxyl groups excluding tert-OH is 1. The Bertz CT molecular complexity index is 282. The summed E-state index contributed by atoms with van der Waals surface area (Å²) in [6.07, 6.45) is 6.45. The maximum Gasteiger partial charge on any atom is 0.222 e. The van der Waals surface area contributed by atoms with E-state index in [2.05, 4.69) is 4.90 Å². The number of carbonyl (C=O) groups excluding carboxylic acids is 1. The highest BCUT2D eigenvalue weighted by Crippen LogP contribution is 2.28. The Hall–Kier alpha value is -0.610. The second-order valence-corrected chi connectivity index (χ2v) is 6.10. The summed E-state index contributed by atoms with van der Waals surface area (Å²) in [7, 11) is 0. The van der Waals surface area contributed by atoms with Crippen molar-refractivity contribution in [3.63, 3.8) is 0 Å². The number of piperazine rings is 1. The van der Waals surface area contributed by atoms with Crippen molar-refractivity contribution in [3.05, 3.63) is 0 Å². The predicted molar refractivity (Wildman–Crippen MR) is 75.9 cm³/mol. The minimum Gasteiger partial charge on any atom is -0.392 e. The van der Waals surface area contributed by atoms with E-state index in [4.69, 9.17) is 0 Å². The van der Waals surface area contributed by atoms with E-state index >= 15 is 0 Å². The highest BCUT2D eigenvalue weighted by atomic mass is 16.3. The average Bonchev–Trinajstić information content (AvgIpc) is 2.92. The summed E-state index contributed by atoms with van der Waals surface area (Å²) in [6, 6.07) is 0. The minimum absolute atomic E-state index is 0.222. The Balaban J connectivity index is 1.68. The lowest BCUT2D eigenvalue weighted by Gasteiger charge is -2.36. The predicted octanol–water partition coefficient (Wildman–Crippen LogP) is 1.48. The first-order valence-electron chi connectivity index (χ1n) is 7.87. The molecule has 0 unspecified atom stereocenters. The molecular weight excluding hydrogens is 240 g/mol. The van der Waals surface area contributed by atoms with Crippen molar-refractivity contribution in [2.45, 2.75) is 51.6 Å². The van der Waals surface area contributed by atoms with Crippen LogP contribution in [0.1, 0.15) is 45.4 Å². The van der Waals surface area contributed by atoms with Crippen LogP contribution in [-0.4, -0.2) is 59.6 Å². The van der Waals surface area contributed by atoms with Crippen molar-refractivity contribution in [2.75, 3.05) is 32.7 Å². The second-order valence-electron chi connectivity index (χ2n) is 6.10. The van der Waals surface area contributed by atoms with Crippen LogP contribution in [0.3, 0.4) is 0 Å². The van der Waals surface area contributed by atoms with Crippen molar-refractivity contribution in [2.24, 2.45) is 5.92 Å². The molecule has 4 nitrogen and oxygen atoms in total. The number of β-amino-alcohol motifs (C(OH)–C–C–N with tert-alkyl or cyclic N) is 1. The largest absolute Gasteiger partial charge is 0.392 e. The average molecular weight is 268 g/mol. The lowest BCUT2D eigenvalue weighted by atomic mass is 10.0. The molecule has 1 saturated heterocycles. The molecule has 0 spiro atoms. The van der Waals surface area contributed by atoms with E-state index in [-0.39, 0.29) is 6.10 Å². The lowest BCUT2D eigenvalue weighted by molar-refractivity contribution is -0.134. The van der Waals surface area contributed by atoms with Crippen LogP contribution in [0, 0.1) is 5.92 Å². The number of hydrogen-bond acceptors (Lipinski definition) is 3. The summed E-state index contributed by atoms with van der Waals surface area (Å²) in [6.45, 7) is 6.25. The van der Waals surface area contributed by atoms with E-state index in [0.717, 1.165) is 45.6 Å². The summed E-state index contributed by atoms with van der Waals surface area (Å²) < 4.78 is 0. The zero-order valence-electron chi connectivity index (χ0n) is 12.2. The Kier molecular flexibility index (Phi) is 5.64. The van der Waals surface area contributed by atoms with Gasteiger partial charge in [-0.3, -0.25) is 9.69 Å². The molecule has 1 heterocycles. The van der Waals surface area contributed by atoms with Gasteiger partial charge in [-0.05, 0) is 25.2 Å². The van der Waals surface area contributed by atoms with Gasteiger partial charge >= 0.3 is 0 Å². The van der Waals surface area contributed by atoms with Crippen LogP contribution in [0.2, 0.25) is 0 Å². The number of rotatable bonds is 5. The first-order chi connectivity index (χ1) is 9.19. The number of amides is 1. The molecule has 1 atom stereocenters. The third-order valence-corrected chi connectivity index (χ3v) is 4.60. The Labute approximate surface area is 116 Å². The smallest absolute Gasteiger partial charge is 0.222 e. The molecule has 2 fully saturated rings. The van der Waals surface area contributed by atoms with Gasteiger partial charge < -0.3 is 10.0 Å². The van der Waals surface area contributed by atoms with Gasteiger partial charge in [-0.2, -0.15) is 0 Å². The van der Waals surface area contributed by atoms with Gasteiger partial charge in [-0.1, -0.05) is 19.8 Å². The van der Waals surface area contributed by atoms with Crippen molar-refractivity contribution >= 4 is 5.91 Å². The standard InChI is InChI=1S/C15H28N2O2/c1-2-14(18)12-16-7-9-17(10-8-16)15(19)11-13-5-3-4-6-13/h13-14,18H,2-12H2,1H3/t14-/m0/s1. The maximum absolute atomic E-state index is 12.2. The third-order valence-electron chi connectivity index (χ3n) is 4.60. The molecule has 1 saturated carbocycles. The molecule has 0 bridgehead atoms. The molecule has 0 aromatic carbocycles. The topological polar surface area (TPSA) is 43.8 Å². The molecule has 4 heteroatoms. The number of aliphatic hydroxyl groups is 1. The van der Waals surface area contributed by atoms with Crippen LogP contribution < -0.4 is 0 Å². The highest BCUT2D eigenvalue weighted by molar-refractivity contribution is 5.76. The first kappa shape index (κ1) is 14.8. The highest BCUT2D eigenvalue weighted by Gasteiger charge is 2.25. The van der Waals surface area contributed by atoms with Gasteiger partial charge in [0, 0.05) is 39.1 Å². The molecule has 0 radical (unpaired) electrons. The lowest BCUT2D eigenvalue weighted by Crippen LogP contribution is -2.50. The molecule has 19 heavy (non-hydrogen) atoms. The molecule has 1 aliphatic heterocycles. The van der Waals surface area contributed by atoms with E-state index in [1.807, 2.05) is 11.8 Å². The minimum atomic E-state index is -0.222. The quantitative estimate of drug-likeness (QED) is 0.821. The number of hydrogen-bond donors (Lipinski definition) is 1. The van der Waals surface area contributed by atoms with Crippen molar-refractivity contribution < 1.29 is 9.90 Å². The van der Waals surface area contributed by atoms with Crippen molar-refractivity contribution in [1.29, 1.82) is 0 Å². The number of carbonyl (C=O) groups is 1. The van der Waals surface area contributed by atoms with Gasteiger partial charge in [-0.15, -0.1) is 0 Å². The van der Waals surface area contributed by atoms with E-state index in [1.165, 1.54) is 25.7 Å². The molecule has 0 aromatic heterocycles. The summed E-state index contributed by atoms with van der Waals surface area (Å²) in [5.74, 6) is 0.995. The van der Waals surface area contributed by atoms with Crippen LogP contribution >= 0.6 is 0 Å². The van der Waals surface area contributed by atoms with Gasteiger partial charge in [0.25, 0.3) is 0 Å². The van der Waals surface area contributed by atoms with Gasteiger partial charge in [0.05, 0.1) is 6.10 Å². The fourth-order valence-corrected chi connectivity index (χ4v) is 3.20. The third kappa shape index (κ3) is 4.46. The molecule has 1 amide bonds. The van der Waals surface area contributed by atoms with E-state index in [9.17, 15) is 9.90 Å². The van der Waals surface area contributed by atoms with E-state index < -0.39 is 0 Å². The van der Waals surface area contributed by atoms with Crippen molar-refractivity contribution in [1.82, 2.24) is 9.80 Å². The van der Waals surface area contributed by atoms with Gasteiger partial charge in [0.1, 0.15) is 0 Å². The molecule has 2 rings (SSSR count). The normalized spacial score (nSPS) is 23.8. The Morgan fingerprint density at radius 3 is 2.42 bits per heavy atom. The molecule has 110 valence electrons. The molecule has 1 N–H and O–H groups in total. The van der Waals surface area contributed by atoms with Crippen LogP contribution in [-0.2, 0) is 4.79 Å². The Morgan fingerprint density at radius 1 is 1.21 bits per heavy atom. The monoisotopic (exact) mass is 268 g/mol. The zero-order chi connectivity index (χ0) is 13.7. The number of nitrogens with zero attached hydrogens (tertiary/aromatic N) is 2. The summed E-state index contributed by atoms with van der Waals surface area (Å²) in [5, 5.41) is 9.65. The van der Waals surface area contributed by atoms with Crippen LogP contribution in [0.15, 0.2) is 0 Å². The van der Waals surface area contributed by atoms with E-state index in [0.29, 0.717) is 11.8 Å². The fraction of sp³-hybridized carbons (Fsp3) is 0.933. The SMILES string of the molecule is CC[C@H](O)CN1CCN(C(=O)CC2CCCC2)CC1. The van der Waals surface area contributed by atoms with Crippen molar-refractivity contribution in [3.8, 4) is 0 Å². The zero-order valence-corrected chi connectivity index (χ0v) is 12.2. The fourth-order valence-electron chi connectivity index (χ4n) is 3.20. The van der Waals surface area contributed by atoms with Gasteiger partial charge in [-0.25, -0.2) is 0 Å². The molecule has 1 aliphatic carbocycles. The first-order valence-corrected chi connectivity index (χ1v) is 7.87. The second kappa shape index (κ2) is 7.25. The van der Waals surface area contributed by atoms with Gasteiger partial charge in [0.2, 0.25) is 5.91 Å². The summed E-state index contributed by atoms with van der Waals surface area (Å²) in [5.41, 5.74) is 0. The summed E-state index contributed by atoms with van der Waals surface area (Å²) in [4.78, 5) is 16.5.